The molecule has 0 radical (unpaired) electrons. The van der Waals surface area contributed by atoms with Gasteiger partial charge in [0.1, 0.15) is 9.92 Å². The Morgan fingerprint density at radius 2 is 1.67 bits per heavy atom. The molecule has 2 N–H and O–H groups in total. The normalized spacial score (nSPS) is 16.7. The minimum absolute atomic E-state index is 0.0679. The highest BCUT2D eigenvalue weighted by Crippen LogP contribution is 2.41. The van der Waals surface area contributed by atoms with Crippen LogP contribution in [-0.4, -0.2) is 59.6 Å². The molecule has 11 heteroatoms. The zero-order valence-corrected chi connectivity index (χ0v) is 27.6. The second kappa shape index (κ2) is 15.5. The maximum atomic E-state index is 14.1. The van der Waals surface area contributed by atoms with Crippen molar-refractivity contribution >= 4 is 33.5 Å². The quantitative estimate of drug-likeness (QED) is 0.207. The van der Waals surface area contributed by atoms with E-state index < -0.39 is 27.8 Å². The standard InChI is InChI=1S/C32H43ClN4O5S/c1-8-42-31(38)30-28(35-24(7)23(6)29(30)26-16-12-13-17-27(26)33)20-41-19-18-34-43(40,25-14-10-9-11-15-25)36-32(39)37(21(2)3)22(4)5/h9-17,21-22,29,35H,8,18-20H2,1-7H3,(H,34,36,39,40). The summed E-state index contributed by atoms with van der Waals surface area (Å²) >= 11 is 6.57. The lowest BCUT2D eigenvalue weighted by Gasteiger charge is -2.31. The van der Waals surface area contributed by atoms with Gasteiger partial charge in [-0.1, -0.05) is 48.0 Å². The van der Waals surface area contributed by atoms with Crippen LogP contribution in [0.15, 0.2) is 86.4 Å². The molecule has 0 saturated carbocycles. The van der Waals surface area contributed by atoms with Crippen molar-refractivity contribution in [2.45, 2.75) is 71.4 Å². The predicted molar refractivity (Wildman–Crippen MR) is 171 cm³/mol. The van der Waals surface area contributed by atoms with E-state index in [-0.39, 0.29) is 38.4 Å². The Hall–Kier alpha value is -3.18. The lowest BCUT2D eigenvalue weighted by atomic mass is 9.81. The first-order valence-electron chi connectivity index (χ1n) is 14.5. The summed E-state index contributed by atoms with van der Waals surface area (Å²) < 4.78 is 32.6. The van der Waals surface area contributed by atoms with Gasteiger partial charge in [0, 0.05) is 35.3 Å². The van der Waals surface area contributed by atoms with Gasteiger partial charge in [-0.15, -0.1) is 4.36 Å². The number of nitrogens with one attached hydrogen (secondary N) is 2. The van der Waals surface area contributed by atoms with Gasteiger partial charge in [0.05, 0.1) is 36.0 Å². The van der Waals surface area contributed by atoms with Gasteiger partial charge in [-0.3, -0.25) is 0 Å². The molecule has 9 nitrogen and oxygen atoms in total. The van der Waals surface area contributed by atoms with Crippen LogP contribution in [0.5, 0.6) is 0 Å². The number of ether oxygens (including phenoxy) is 2. The van der Waals surface area contributed by atoms with E-state index in [0.29, 0.717) is 21.2 Å². The molecule has 0 aromatic heterocycles. The van der Waals surface area contributed by atoms with Gasteiger partial charge in [0.2, 0.25) is 0 Å². The zero-order chi connectivity index (χ0) is 31.7. The van der Waals surface area contributed by atoms with Crippen LogP contribution in [0.1, 0.15) is 59.9 Å². The summed E-state index contributed by atoms with van der Waals surface area (Å²) in [4.78, 5) is 28.4. The van der Waals surface area contributed by atoms with Crippen LogP contribution >= 0.6 is 11.6 Å². The summed E-state index contributed by atoms with van der Waals surface area (Å²) in [5.41, 5.74) is 3.64. The van der Waals surface area contributed by atoms with Gasteiger partial charge < -0.3 is 19.7 Å². The molecule has 1 aliphatic rings. The summed E-state index contributed by atoms with van der Waals surface area (Å²) in [6, 6.07) is 15.3. The first-order chi connectivity index (χ1) is 20.4. The number of amides is 2. The number of esters is 1. The number of dihydropyridines is 1. The number of nitrogens with zero attached hydrogens (tertiary/aromatic N) is 2. The van der Waals surface area contributed by atoms with Crippen molar-refractivity contribution in [1.82, 2.24) is 14.9 Å². The maximum Gasteiger partial charge on any atom is 0.353 e. The Balaban J connectivity index is 1.84. The average molecular weight is 631 g/mol. The fourth-order valence-corrected chi connectivity index (χ4v) is 6.84. The second-order valence-electron chi connectivity index (χ2n) is 10.8. The number of hydrogen-bond acceptors (Lipinski definition) is 6. The van der Waals surface area contributed by atoms with Crippen molar-refractivity contribution in [3.63, 3.8) is 0 Å². The summed E-state index contributed by atoms with van der Waals surface area (Å²) in [5, 5.41) is 3.86. The van der Waals surface area contributed by atoms with Gasteiger partial charge in [-0.05, 0) is 77.8 Å². The predicted octanol–water partition coefficient (Wildman–Crippen LogP) is 6.43. The van der Waals surface area contributed by atoms with E-state index in [0.717, 1.165) is 16.8 Å². The van der Waals surface area contributed by atoms with E-state index in [1.54, 1.807) is 42.2 Å². The van der Waals surface area contributed by atoms with E-state index in [9.17, 15) is 13.8 Å². The van der Waals surface area contributed by atoms with Crippen LogP contribution in [0.3, 0.4) is 0 Å². The number of hydrogen-bond donors (Lipinski definition) is 2. The van der Waals surface area contributed by atoms with E-state index in [1.165, 1.54) is 0 Å². The van der Waals surface area contributed by atoms with Crippen LogP contribution in [0, 0.1) is 0 Å². The molecule has 2 amide bonds. The second-order valence-corrected chi connectivity index (χ2v) is 13.2. The molecule has 1 aliphatic heterocycles. The minimum Gasteiger partial charge on any atom is -0.463 e. The summed E-state index contributed by atoms with van der Waals surface area (Å²) in [5.74, 6) is -0.857. The summed E-state index contributed by atoms with van der Waals surface area (Å²) in [7, 11) is -3.30. The number of urea groups is 1. The van der Waals surface area contributed by atoms with E-state index >= 15 is 0 Å². The van der Waals surface area contributed by atoms with E-state index in [4.69, 9.17) is 21.1 Å². The molecule has 2 aromatic rings. The van der Waals surface area contributed by atoms with Gasteiger partial charge in [-0.25, -0.2) is 18.5 Å². The Bertz CT molecular complexity index is 1470. The van der Waals surface area contributed by atoms with Crippen molar-refractivity contribution in [1.29, 1.82) is 0 Å². The van der Waals surface area contributed by atoms with Crippen molar-refractivity contribution < 1.29 is 23.3 Å². The fraction of sp³-hybridized carbons (Fsp3) is 0.438. The first-order valence-corrected chi connectivity index (χ1v) is 16.4. The fourth-order valence-electron chi connectivity index (χ4n) is 5.06. The van der Waals surface area contributed by atoms with Crippen LogP contribution in [-0.2, 0) is 24.2 Å². The Morgan fingerprint density at radius 3 is 2.28 bits per heavy atom. The number of benzene rings is 2. The van der Waals surface area contributed by atoms with Gasteiger partial charge >= 0.3 is 12.0 Å². The van der Waals surface area contributed by atoms with Crippen LogP contribution < -0.4 is 10.0 Å². The van der Waals surface area contributed by atoms with Crippen molar-refractivity contribution in [2.24, 2.45) is 4.36 Å². The highest BCUT2D eigenvalue weighted by atomic mass is 35.5. The Morgan fingerprint density at radius 1 is 1.05 bits per heavy atom. The van der Waals surface area contributed by atoms with Gasteiger partial charge in [-0.2, -0.15) is 0 Å². The van der Waals surface area contributed by atoms with E-state index in [1.807, 2.05) is 65.8 Å². The molecular formula is C32H43ClN4O5S. The molecule has 1 heterocycles. The topological polar surface area (TPSA) is 109 Å². The van der Waals surface area contributed by atoms with Gasteiger partial charge in [0.25, 0.3) is 0 Å². The average Bonchev–Trinajstić information content (AvgIpc) is 2.95. The lowest BCUT2D eigenvalue weighted by molar-refractivity contribution is -0.139. The molecule has 3 rings (SSSR count). The molecule has 0 aliphatic carbocycles. The summed E-state index contributed by atoms with van der Waals surface area (Å²) in [6.45, 7) is 13.8. The number of carbonyl (C=O) groups excluding carboxylic acids is 2. The number of rotatable bonds is 12. The van der Waals surface area contributed by atoms with Crippen molar-refractivity contribution in [2.75, 3.05) is 26.4 Å². The molecule has 234 valence electrons. The molecule has 43 heavy (non-hydrogen) atoms. The largest absolute Gasteiger partial charge is 0.463 e. The van der Waals surface area contributed by atoms with Gasteiger partial charge in [0.15, 0.2) is 0 Å². The molecule has 0 spiro atoms. The molecule has 2 aromatic carbocycles. The highest BCUT2D eigenvalue weighted by Gasteiger charge is 2.34. The maximum absolute atomic E-state index is 14.1. The Labute approximate surface area is 261 Å². The highest BCUT2D eigenvalue weighted by molar-refractivity contribution is 7.92. The smallest absolute Gasteiger partial charge is 0.353 e. The SMILES string of the molecule is CCOC(=O)C1=C(COCCNS(=O)(=NC(=O)N(C(C)C)C(C)C)c2ccccc2)NC(C)=C(C)C1c1ccccc1Cl. The van der Waals surface area contributed by atoms with Crippen LogP contribution in [0.2, 0.25) is 5.02 Å². The summed E-state index contributed by atoms with van der Waals surface area (Å²) in [6.07, 6.45) is 0. The van der Waals surface area contributed by atoms with Crippen LogP contribution in [0.25, 0.3) is 0 Å². The third-order valence-electron chi connectivity index (χ3n) is 7.08. The minimum atomic E-state index is -3.30. The third kappa shape index (κ3) is 8.47. The number of halogens is 1. The van der Waals surface area contributed by atoms with Crippen molar-refractivity contribution in [3.8, 4) is 0 Å². The van der Waals surface area contributed by atoms with Crippen LogP contribution in [0.4, 0.5) is 4.79 Å². The Kier molecular flexibility index (Phi) is 12.4. The molecular weight excluding hydrogens is 588 g/mol. The molecule has 0 saturated heterocycles. The lowest BCUT2D eigenvalue weighted by Crippen LogP contribution is -2.41. The van der Waals surface area contributed by atoms with E-state index in [2.05, 4.69) is 14.4 Å². The third-order valence-corrected chi connectivity index (χ3v) is 9.35. The zero-order valence-electron chi connectivity index (χ0n) is 26.0. The number of allylic oxidation sites excluding steroid dienone is 2. The first kappa shape index (κ1) is 34.3. The molecule has 2 unspecified atom stereocenters. The molecule has 0 fully saturated rings. The molecule has 2 atom stereocenters. The monoisotopic (exact) mass is 630 g/mol. The molecule has 0 bridgehead atoms. The van der Waals surface area contributed by atoms with Crippen molar-refractivity contribution in [3.05, 3.63) is 87.7 Å². The number of carbonyl (C=O) groups is 2.